The van der Waals surface area contributed by atoms with Crippen LogP contribution in [0.3, 0.4) is 0 Å². The summed E-state index contributed by atoms with van der Waals surface area (Å²) in [6, 6.07) is 1.98. The molecule has 0 atom stereocenters. The van der Waals surface area contributed by atoms with E-state index in [0.29, 0.717) is 6.54 Å². The number of carbonyl (C=O) groups is 1. The van der Waals surface area contributed by atoms with E-state index in [4.69, 9.17) is 0 Å². The largest absolute Gasteiger partial charge is 0.393 e. The second-order valence-corrected chi connectivity index (χ2v) is 5.22. The van der Waals surface area contributed by atoms with Crippen LogP contribution in [0.4, 0.5) is 5.82 Å². The third-order valence-corrected chi connectivity index (χ3v) is 3.96. The van der Waals surface area contributed by atoms with Gasteiger partial charge in [-0.15, -0.1) is 0 Å². The van der Waals surface area contributed by atoms with E-state index in [2.05, 4.69) is 22.1 Å². The average Bonchev–Trinajstić information content (AvgIpc) is 2.79. The highest BCUT2D eigenvalue weighted by atomic mass is 16.3. The van der Waals surface area contributed by atoms with Crippen molar-refractivity contribution in [3.05, 3.63) is 22.9 Å². The topological polar surface area (TPSA) is 65.5 Å². The molecule has 2 aliphatic rings. The molecular weight excluding hydrogens is 242 g/mol. The summed E-state index contributed by atoms with van der Waals surface area (Å²) in [5, 5.41) is 12.4. The van der Waals surface area contributed by atoms with Crippen molar-refractivity contribution in [2.24, 2.45) is 0 Å². The highest BCUT2D eigenvalue weighted by Gasteiger charge is 2.26. The van der Waals surface area contributed by atoms with Crippen molar-refractivity contribution >= 4 is 11.7 Å². The molecule has 5 heteroatoms. The number of piperidine rings is 1. The van der Waals surface area contributed by atoms with Gasteiger partial charge in [-0.05, 0) is 30.9 Å². The Kier molecular flexibility index (Phi) is 3.14. The molecule has 1 aromatic rings. The van der Waals surface area contributed by atoms with Crippen molar-refractivity contribution in [3.8, 4) is 0 Å². The number of hydrogen-bond acceptors (Lipinski definition) is 4. The Balaban J connectivity index is 1.95. The lowest BCUT2D eigenvalue weighted by Crippen LogP contribution is -2.37. The van der Waals surface area contributed by atoms with Gasteiger partial charge in [-0.2, -0.15) is 0 Å². The van der Waals surface area contributed by atoms with Crippen molar-refractivity contribution in [2.45, 2.75) is 38.8 Å². The molecule has 3 heterocycles. The van der Waals surface area contributed by atoms with Crippen LogP contribution >= 0.6 is 0 Å². The van der Waals surface area contributed by atoms with E-state index in [1.165, 1.54) is 0 Å². The zero-order chi connectivity index (χ0) is 13.4. The van der Waals surface area contributed by atoms with Crippen LogP contribution in [0.2, 0.25) is 0 Å². The van der Waals surface area contributed by atoms with Crippen LogP contribution in [-0.2, 0) is 13.0 Å². The molecule has 5 nitrogen and oxygen atoms in total. The van der Waals surface area contributed by atoms with E-state index in [9.17, 15) is 9.90 Å². The lowest BCUT2D eigenvalue weighted by molar-refractivity contribution is 0.0965. The average molecular weight is 261 g/mol. The van der Waals surface area contributed by atoms with Gasteiger partial charge in [0.25, 0.3) is 5.91 Å². The third-order valence-electron chi connectivity index (χ3n) is 3.96. The molecule has 0 aromatic carbocycles. The Labute approximate surface area is 112 Å². The number of hydrogen-bond donors (Lipinski definition) is 2. The number of aliphatic hydroxyl groups is 1. The van der Waals surface area contributed by atoms with Gasteiger partial charge >= 0.3 is 0 Å². The van der Waals surface area contributed by atoms with Gasteiger partial charge in [-0.3, -0.25) is 4.79 Å². The molecule has 0 spiro atoms. The summed E-state index contributed by atoms with van der Waals surface area (Å²) in [4.78, 5) is 18.6. The van der Waals surface area contributed by atoms with Crippen molar-refractivity contribution in [1.29, 1.82) is 0 Å². The van der Waals surface area contributed by atoms with Gasteiger partial charge in [-0.1, -0.05) is 6.92 Å². The lowest BCUT2D eigenvalue weighted by Gasteiger charge is -2.32. The van der Waals surface area contributed by atoms with E-state index in [0.717, 1.165) is 55.0 Å². The number of nitrogens with zero attached hydrogens (tertiary/aromatic N) is 2. The second-order valence-electron chi connectivity index (χ2n) is 5.22. The summed E-state index contributed by atoms with van der Waals surface area (Å²) in [7, 11) is 0. The smallest absolute Gasteiger partial charge is 0.253 e. The summed E-state index contributed by atoms with van der Waals surface area (Å²) in [5.74, 6) is 0.975. The number of aromatic nitrogens is 1. The minimum atomic E-state index is -0.181. The molecule has 2 N–H and O–H groups in total. The standard InChI is InChI=1S/C14H19N3O2/c1-2-9-7-11-12(8-15-14(11)19)16-13(9)17-5-3-10(18)4-6-17/h7,10,18H,2-6,8H2,1H3,(H,15,19). The molecule has 0 aliphatic carbocycles. The molecule has 1 amide bonds. The number of aliphatic hydroxyl groups excluding tert-OH is 1. The number of nitrogens with one attached hydrogen (secondary N) is 1. The second kappa shape index (κ2) is 4.81. The molecular formula is C14H19N3O2. The minimum absolute atomic E-state index is 0.0159. The molecule has 19 heavy (non-hydrogen) atoms. The predicted octanol–water partition coefficient (Wildman–Crippen LogP) is 0.848. The van der Waals surface area contributed by atoms with Gasteiger partial charge < -0.3 is 15.3 Å². The lowest BCUT2D eigenvalue weighted by atomic mass is 10.0. The highest BCUT2D eigenvalue weighted by Crippen LogP contribution is 2.27. The van der Waals surface area contributed by atoms with E-state index < -0.39 is 0 Å². The molecule has 2 aliphatic heterocycles. The number of aryl methyl sites for hydroxylation is 1. The van der Waals surface area contributed by atoms with E-state index in [-0.39, 0.29) is 12.0 Å². The highest BCUT2D eigenvalue weighted by molar-refractivity contribution is 5.98. The number of anilines is 1. The number of carbonyl (C=O) groups excluding carboxylic acids is 1. The van der Waals surface area contributed by atoms with Crippen molar-refractivity contribution in [2.75, 3.05) is 18.0 Å². The van der Waals surface area contributed by atoms with E-state index >= 15 is 0 Å². The fraction of sp³-hybridized carbons (Fsp3) is 0.571. The van der Waals surface area contributed by atoms with E-state index in [1.54, 1.807) is 0 Å². The molecule has 0 unspecified atom stereocenters. The Morgan fingerprint density at radius 2 is 2.21 bits per heavy atom. The number of amides is 1. The maximum Gasteiger partial charge on any atom is 0.253 e. The fourth-order valence-corrected chi connectivity index (χ4v) is 2.78. The van der Waals surface area contributed by atoms with E-state index in [1.807, 2.05) is 6.07 Å². The zero-order valence-corrected chi connectivity index (χ0v) is 11.1. The first kappa shape index (κ1) is 12.4. The Morgan fingerprint density at radius 3 is 2.89 bits per heavy atom. The first-order valence-electron chi connectivity index (χ1n) is 6.93. The Bertz CT molecular complexity index is 508. The van der Waals surface area contributed by atoms with Crippen LogP contribution in [0.1, 0.15) is 41.4 Å². The summed E-state index contributed by atoms with van der Waals surface area (Å²) in [6.45, 7) is 4.28. The van der Waals surface area contributed by atoms with Crippen LogP contribution < -0.4 is 10.2 Å². The van der Waals surface area contributed by atoms with Gasteiger partial charge in [0.05, 0.1) is 23.9 Å². The number of pyridine rings is 1. The van der Waals surface area contributed by atoms with Gasteiger partial charge in [0.2, 0.25) is 0 Å². The summed E-state index contributed by atoms with van der Waals surface area (Å²) >= 11 is 0. The van der Waals surface area contributed by atoms with Crippen LogP contribution in [0.25, 0.3) is 0 Å². The van der Waals surface area contributed by atoms with Gasteiger partial charge in [0, 0.05) is 13.1 Å². The third kappa shape index (κ3) is 2.18. The van der Waals surface area contributed by atoms with Crippen molar-refractivity contribution in [3.63, 3.8) is 0 Å². The van der Waals surface area contributed by atoms with Crippen LogP contribution in [-0.4, -0.2) is 35.2 Å². The SMILES string of the molecule is CCc1cc2c(nc1N1CCC(O)CC1)CNC2=O. The number of fused-ring (bicyclic) bond motifs is 1. The Hall–Kier alpha value is -1.62. The minimum Gasteiger partial charge on any atom is -0.393 e. The number of rotatable bonds is 2. The molecule has 0 saturated carbocycles. The van der Waals surface area contributed by atoms with Crippen molar-refractivity contribution in [1.82, 2.24) is 10.3 Å². The molecule has 1 saturated heterocycles. The van der Waals surface area contributed by atoms with Crippen LogP contribution in [0.15, 0.2) is 6.07 Å². The maximum absolute atomic E-state index is 11.7. The molecule has 1 fully saturated rings. The zero-order valence-electron chi connectivity index (χ0n) is 11.1. The summed E-state index contributed by atoms with van der Waals surface area (Å²) in [5.41, 5.74) is 2.69. The first-order valence-corrected chi connectivity index (χ1v) is 6.93. The molecule has 0 bridgehead atoms. The summed E-state index contributed by atoms with van der Waals surface area (Å²) in [6.07, 6.45) is 2.26. The monoisotopic (exact) mass is 261 g/mol. The molecule has 0 radical (unpaired) electrons. The molecule has 1 aromatic heterocycles. The van der Waals surface area contributed by atoms with Gasteiger partial charge in [-0.25, -0.2) is 4.98 Å². The predicted molar refractivity (Wildman–Crippen MR) is 72.2 cm³/mol. The van der Waals surface area contributed by atoms with Gasteiger partial charge in [0.15, 0.2) is 0 Å². The van der Waals surface area contributed by atoms with Crippen molar-refractivity contribution < 1.29 is 9.90 Å². The molecule has 102 valence electrons. The normalized spacial score (nSPS) is 19.5. The first-order chi connectivity index (χ1) is 9.19. The van der Waals surface area contributed by atoms with Crippen LogP contribution in [0, 0.1) is 0 Å². The quantitative estimate of drug-likeness (QED) is 0.828. The Morgan fingerprint density at radius 1 is 1.47 bits per heavy atom. The van der Waals surface area contributed by atoms with Gasteiger partial charge in [0.1, 0.15) is 5.82 Å². The maximum atomic E-state index is 11.7. The fourth-order valence-electron chi connectivity index (χ4n) is 2.78. The van der Waals surface area contributed by atoms with Crippen LogP contribution in [0.5, 0.6) is 0 Å². The molecule has 3 rings (SSSR count). The summed E-state index contributed by atoms with van der Waals surface area (Å²) < 4.78 is 0.